The first-order valence-corrected chi connectivity index (χ1v) is 8.83. The van der Waals surface area contributed by atoms with E-state index in [-0.39, 0.29) is 18.5 Å². The third-order valence-corrected chi connectivity index (χ3v) is 4.92. The van der Waals surface area contributed by atoms with Crippen molar-refractivity contribution in [1.82, 2.24) is 30.8 Å². The van der Waals surface area contributed by atoms with Crippen molar-refractivity contribution >= 4 is 5.95 Å². The Morgan fingerprint density at radius 1 is 1.20 bits per heavy atom. The summed E-state index contributed by atoms with van der Waals surface area (Å²) in [6.45, 7) is 1.81. The van der Waals surface area contributed by atoms with Gasteiger partial charge in [-0.15, -0.1) is 5.53 Å². The lowest BCUT2D eigenvalue weighted by Crippen LogP contribution is -2.43. The number of anilines is 1. The van der Waals surface area contributed by atoms with E-state index in [1.807, 2.05) is 0 Å². The van der Waals surface area contributed by atoms with E-state index in [0.29, 0.717) is 17.8 Å². The summed E-state index contributed by atoms with van der Waals surface area (Å²) >= 11 is 0. The van der Waals surface area contributed by atoms with Crippen molar-refractivity contribution in [2.75, 3.05) is 11.6 Å². The first kappa shape index (κ1) is 20.4. The molecule has 30 heavy (non-hydrogen) atoms. The third-order valence-electron chi connectivity index (χ3n) is 4.92. The molecule has 0 fully saturated rings. The van der Waals surface area contributed by atoms with Crippen LogP contribution in [0.15, 0.2) is 36.1 Å². The molecule has 2 aromatic heterocycles. The van der Waals surface area contributed by atoms with Crippen LogP contribution in [0.1, 0.15) is 30.8 Å². The minimum absolute atomic E-state index is 0.0749. The predicted octanol–water partition coefficient (Wildman–Crippen LogP) is 1.99. The van der Waals surface area contributed by atoms with Crippen molar-refractivity contribution in [1.29, 1.82) is 0 Å². The average Bonchev–Trinajstić information content (AvgIpc) is 3.09. The minimum atomic E-state index is -4.98. The molecule has 0 saturated carbocycles. The van der Waals surface area contributed by atoms with Gasteiger partial charge in [-0.05, 0) is 13.0 Å². The highest BCUT2D eigenvalue weighted by Crippen LogP contribution is 2.36. The molecule has 0 spiro atoms. The van der Waals surface area contributed by atoms with Gasteiger partial charge < -0.3 is 10.5 Å². The van der Waals surface area contributed by atoms with Gasteiger partial charge in [-0.1, -0.05) is 0 Å². The number of aromatic nitrogens is 3. The van der Waals surface area contributed by atoms with E-state index in [4.69, 9.17) is 0 Å². The van der Waals surface area contributed by atoms with Gasteiger partial charge in [-0.3, -0.25) is 4.90 Å². The maximum absolute atomic E-state index is 14.4. The van der Waals surface area contributed by atoms with Gasteiger partial charge in [0.05, 0.1) is 23.8 Å². The third kappa shape index (κ3) is 3.55. The first-order valence-electron chi connectivity index (χ1n) is 8.83. The fourth-order valence-corrected chi connectivity index (χ4v) is 3.43. The van der Waals surface area contributed by atoms with Crippen LogP contribution in [0.4, 0.5) is 27.9 Å². The molecule has 8 nitrogen and oxygen atoms in total. The van der Waals surface area contributed by atoms with Crippen LogP contribution in [0.3, 0.4) is 0 Å². The van der Waals surface area contributed by atoms with Crippen LogP contribution < -0.4 is 16.0 Å². The molecule has 160 valence electrons. The summed E-state index contributed by atoms with van der Waals surface area (Å²) < 4.78 is 66.4. The molecule has 0 bridgehead atoms. The van der Waals surface area contributed by atoms with Crippen molar-refractivity contribution in [3.8, 4) is 0 Å². The molecular weight excluding hydrogens is 413 g/mol. The molecule has 1 unspecified atom stereocenters. The van der Waals surface area contributed by atoms with E-state index in [1.54, 1.807) is 6.92 Å². The Morgan fingerprint density at radius 2 is 1.90 bits per heavy atom. The summed E-state index contributed by atoms with van der Waals surface area (Å²) in [5, 5.41) is 12.2. The number of hydrazine groups is 2. The molecule has 2 aliphatic rings. The number of halogens is 5. The lowest BCUT2D eigenvalue weighted by molar-refractivity contribution is -0.144. The largest absolute Gasteiger partial charge is 0.436 e. The van der Waals surface area contributed by atoms with Crippen molar-refractivity contribution in [3.63, 3.8) is 0 Å². The van der Waals surface area contributed by atoms with Gasteiger partial charge in [0.2, 0.25) is 5.95 Å². The number of aliphatic hydroxyl groups excluding tert-OH is 1. The highest BCUT2D eigenvalue weighted by Gasteiger charge is 2.40. The van der Waals surface area contributed by atoms with Gasteiger partial charge in [0.15, 0.2) is 17.3 Å². The molecule has 3 N–H and O–H groups in total. The zero-order valence-electron chi connectivity index (χ0n) is 15.5. The first-order chi connectivity index (χ1) is 14.2. The number of nitrogens with one attached hydrogen (secondary N) is 2. The number of hydrogen-bond acceptors (Lipinski definition) is 8. The van der Waals surface area contributed by atoms with Crippen molar-refractivity contribution < 1.29 is 27.1 Å². The van der Waals surface area contributed by atoms with Crippen molar-refractivity contribution in [3.05, 3.63) is 58.9 Å². The Bertz CT molecular complexity index is 981. The number of pyridine rings is 1. The number of aliphatic hydroxyl groups is 1. The summed E-state index contributed by atoms with van der Waals surface area (Å²) in [4.78, 5) is 12.3. The van der Waals surface area contributed by atoms with Crippen molar-refractivity contribution in [2.24, 2.45) is 0 Å². The van der Waals surface area contributed by atoms with Gasteiger partial charge in [0.25, 0.3) is 0 Å². The van der Waals surface area contributed by atoms with Gasteiger partial charge in [0, 0.05) is 30.8 Å². The lowest BCUT2D eigenvalue weighted by Gasteiger charge is -2.37. The molecule has 0 aliphatic carbocycles. The van der Waals surface area contributed by atoms with E-state index in [1.165, 1.54) is 9.91 Å². The van der Waals surface area contributed by atoms with E-state index < -0.39 is 35.3 Å². The normalized spacial score (nSPS) is 20.9. The minimum Gasteiger partial charge on any atom is -0.374 e. The molecule has 4 heterocycles. The Morgan fingerprint density at radius 3 is 2.57 bits per heavy atom. The smallest absolute Gasteiger partial charge is 0.374 e. The van der Waals surface area contributed by atoms with Crippen LogP contribution in [0.5, 0.6) is 0 Å². The molecule has 0 amide bonds. The fourth-order valence-electron chi connectivity index (χ4n) is 3.43. The van der Waals surface area contributed by atoms with Crippen LogP contribution in [0, 0.1) is 11.6 Å². The average molecular weight is 429 g/mol. The molecule has 2 aliphatic heterocycles. The second-order valence-corrected chi connectivity index (χ2v) is 6.86. The molecule has 4 rings (SSSR count). The van der Waals surface area contributed by atoms with Crippen LogP contribution in [-0.4, -0.2) is 37.5 Å². The maximum atomic E-state index is 14.4. The van der Waals surface area contributed by atoms with Crippen LogP contribution in [0.2, 0.25) is 0 Å². The Kier molecular flexibility index (Phi) is 5.03. The molecule has 2 atom stereocenters. The van der Waals surface area contributed by atoms with Gasteiger partial charge in [-0.25, -0.2) is 28.7 Å². The highest BCUT2D eigenvalue weighted by molar-refractivity contribution is 5.44. The molecule has 2 aromatic rings. The van der Waals surface area contributed by atoms with E-state index >= 15 is 0 Å². The Hall–Kier alpha value is -2.90. The lowest BCUT2D eigenvalue weighted by atomic mass is 10.0. The predicted molar refractivity (Wildman–Crippen MR) is 92.7 cm³/mol. The van der Waals surface area contributed by atoms with Crippen LogP contribution >= 0.6 is 0 Å². The highest BCUT2D eigenvalue weighted by atomic mass is 19.4. The summed E-state index contributed by atoms with van der Waals surface area (Å²) in [6, 6.07) is 0.635. The van der Waals surface area contributed by atoms with Crippen molar-refractivity contribution in [2.45, 2.75) is 31.8 Å². The van der Waals surface area contributed by atoms with Crippen LogP contribution in [0.25, 0.3) is 0 Å². The monoisotopic (exact) mass is 429 g/mol. The zero-order valence-corrected chi connectivity index (χ0v) is 15.5. The standard InChI is InChI=1S/C17H16F5N7O/c1-8-4-12-11(26-27-29(12)16-24-5-9(18)6-25-16)7-28(8)15(30)10-2-3-23-14(13(10)19)17(20,21)22/h2-3,5-6,8,15,26-27,30H,4,7H2,1H3/t8-,15?/m0/s1. The molecule has 0 radical (unpaired) electrons. The summed E-state index contributed by atoms with van der Waals surface area (Å²) in [6.07, 6.45) is -3.45. The van der Waals surface area contributed by atoms with Gasteiger partial charge >= 0.3 is 6.18 Å². The number of rotatable bonds is 3. The second-order valence-electron chi connectivity index (χ2n) is 6.86. The quantitative estimate of drug-likeness (QED) is 0.639. The molecule has 13 heteroatoms. The molecule has 0 saturated heterocycles. The summed E-state index contributed by atoms with van der Waals surface area (Å²) in [5.41, 5.74) is 4.79. The zero-order chi connectivity index (χ0) is 21.6. The van der Waals surface area contributed by atoms with Gasteiger partial charge in [-0.2, -0.15) is 13.2 Å². The van der Waals surface area contributed by atoms with E-state index in [0.717, 1.165) is 24.7 Å². The molecular formula is C17H16F5N7O. The maximum Gasteiger partial charge on any atom is 0.436 e. The number of alkyl halides is 3. The number of hydrogen-bond donors (Lipinski definition) is 3. The Labute approximate surface area is 167 Å². The van der Waals surface area contributed by atoms with E-state index in [9.17, 15) is 27.1 Å². The summed E-state index contributed by atoms with van der Waals surface area (Å²) in [7, 11) is 0. The fraction of sp³-hybridized carbons (Fsp3) is 0.353. The topological polar surface area (TPSA) is 89.4 Å². The van der Waals surface area contributed by atoms with Crippen LogP contribution in [-0.2, 0) is 6.18 Å². The molecule has 0 aromatic carbocycles. The summed E-state index contributed by atoms with van der Waals surface area (Å²) in [5.74, 6) is -2.02. The van der Waals surface area contributed by atoms with Gasteiger partial charge in [0.1, 0.15) is 6.23 Å². The second kappa shape index (κ2) is 7.41. The SMILES string of the molecule is C[C@H]1CC2=C(CN1C(O)c1ccnc(C(F)(F)F)c1F)NNN2c1ncc(F)cn1. The van der Waals surface area contributed by atoms with E-state index in [2.05, 4.69) is 25.9 Å². The number of nitrogens with zero attached hydrogens (tertiary/aromatic N) is 5. The Balaban J connectivity index is 1.60.